The zero-order chi connectivity index (χ0) is 21.9. The van der Waals surface area contributed by atoms with Crippen LogP contribution in [-0.4, -0.2) is 42.6 Å². The van der Waals surface area contributed by atoms with Gasteiger partial charge in [0.25, 0.3) is 0 Å². The lowest BCUT2D eigenvalue weighted by atomic mass is 10.2. The zero-order valence-electron chi connectivity index (χ0n) is 17.3. The van der Waals surface area contributed by atoms with E-state index in [9.17, 15) is 9.59 Å². The molecule has 0 unspecified atom stereocenters. The van der Waals surface area contributed by atoms with Crippen LogP contribution in [0.1, 0.15) is 37.2 Å². The van der Waals surface area contributed by atoms with E-state index >= 15 is 0 Å². The summed E-state index contributed by atoms with van der Waals surface area (Å²) in [6.45, 7) is 9.38. The van der Waals surface area contributed by atoms with Crippen molar-refractivity contribution in [3.8, 4) is 10.6 Å². The Morgan fingerprint density at radius 2 is 2.00 bits per heavy atom. The number of thiazole rings is 2. The second kappa shape index (κ2) is 8.88. The van der Waals surface area contributed by atoms with E-state index in [0.29, 0.717) is 10.8 Å². The summed E-state index contributed by atoms with van der Waals surface area (Å²) in [7, 11) is 0. The van der Waals surface area contributed by atoms with Gasteiger partial charge in [0.1, 0.15) is 17.8 Å². The quantitative estimate of drug-likeness (QED) is 0.592. The molecule has 2 N–H and O–H groups in total. The number of nitrogens with zero attached hydrogens (tertiary/aromatic N) is 5. The number of nitrogens with one attached hydrogen (secondary N) is 2. The molecule has 0 aliphatic rings. The first-order chi connectivity index (χ1) is 14.1. The fourth-order valence-corrected chi connectivity index (χ4v) is 4.16. The monoisotopic (exact) mass is 449 g/mol. The molecule has 0 saturated heterocycles. The van der Waals surface area contributed by atoms with Crippen LogP contribution in [0.5, 0.6) is 0 Å². The predicted molar refractivity (Wildman–Crippen MR) is 114 cm³/mol. The maximum atomic E-state index is 12.3. The van der Waals surface area contributed by atoms with Gasteiger partial charge in [-0.1, -0.05) is 5.21 Å². The number of rotatable bonds is 6. The van der Waals surface area contributed by atoms with E-state index in [1.807, 2.05) is 19.2 Å². The molecule has 3 rings (SSSR count). The average molecular weight is 450 g/mol. The van der Waals surface area contributed by atoms with Crippen molar-refractivity contribution in [1.82, 2.24) is 30.3 Å². The van der Waals surface area contributed by atoms with Crippen molar-refractivity contribution in [1.29, 1.82) is 0 Å². The van der Waals surface area contributed by atoms with E-state index in [1.165, 1.54) is 16.0 Å². The van der Waals surface area contributed by atoms with Crippen molar-refractivity contribution in [3.05, 3.63) is 28.0 Å². The Labute approximate surface area is 181 Å². The Hall–Kier alpha value is -2.86. The minimum atomic E-state index is -0.576. The zero-order valence-corrected chi connectivity index (χ0v) is 19.0. The molecule has 2 amide bonds. The van der Waals surface area contributed by atoms with Crippen molar-refractivity contribution in [2.45, 2.75) is 53.3 Å². The molecule has 0 bridgehead atoms. The minimum absolute atomic E-state index is 0.0208. The van der Waals surface area contributed by atoms with Crippen LogP contribution in [0.3, 0.4) is 0 Å². The van der Waals surface area contributed by atoms with Gasteiger partial charge in [0, 0.05) is 5.38 Å². The van der Waals surface area contributed by atoms with Crippen LogP contribution >= 0.6 is 22.7 Å². The van der Waals surface area contributed by atoms with Gasteiger partial charge >= 0.3 is 6.09 Å². The average Bonchev–Trinajstić information content (AvgIpc) is 3.32. The number of alkyl carbamates (subject to hydrolysis) is 1. The van der Waals surface area contributed by atoms with Gasteiger partial charge in [-0.3, -0.25) is 4.79 Å². The highest BCUT2D eigenvalue weighted by Crippen LogP contribution is 2.31. The minimum Gasteiger partial charge on any atom is -0.444 e. The van der Waals surface area contributed by atoms with Crippen molar-refractivity contribution in [3.63, 3.8) is 0 Å². The van der Waals surface area contributed by atoms with Crippen molar-refractivity contribution >= 4 is 39.8 Å². The van der Waals surface area contributed by atoms with E-state index in [-0.39, 0.29) is 19.0 Å². The van der Waals surface area contributed by atoms with E-state index in [1.54, 1.807) is 38.3 Å². The molecule has 0 aliphatic carbocycles. The Morgan fingerprint density at radius 3 is 2.67 bits per heavy atom. The molecule has 3 aromatic rings. The summed E-state index contributed by atoms with van der Waals surface area (Å²) in [5, 5.41) is 16.6. The topological polar surface area (TPSA) is 124 Å². The molecule has 3 heterocycles. The van der Waals surface area contributed by atoms with Crippen LogP contribution in [0.25, 0.3) is 10.6 Å². The third-order valence-corrected chi connectivity index (χ3v) is 5.44. The molecule has 12 heteroatoms. The highest BCUT2D eigenvalue weighted by molar-refractivity contribution is 7.16. The molecule has 160 valence electrons. The highest BCUT2D eigenvalue weighted by atomic mass is 32.1. The van der Waals surface area contributed by atoms with Gasteiger partial charge in [-0.25, -0.2) is 19.4 Å². The van der Waals surface area contributed by atoms with Crippen LogP contribution in [0.15, 0.2) is 11.6 Å². The smallest absolute Gasteiger partial charge is 0.407 e. The van der Waals surface area contributed by atoms with Gasteiger partial charge < -0.3 is 15.4 Å². The van der Waals surface area contributed by atoms with Crippen LogP contribution in [0.2, 0.25) is 0 Å². The van der Waals surface area contributed by atoms with E-state index in [2.05, 4.69) is 30.9 Å². The summed E-state index contributed by atoms with van der Waals surface area (Å²) in [6.07, 6.45) is 1.05. The number of hydrogen-bond acceptors (Lipinski definition) is 9. The predicted octanol–water partition coefficient (Wildman–Crippen LogP) is 3.14. The van der Waals surface area contributed by atoms with Crippen molar-refractivity contribution in [2.75, 3.05) is 5.32 Å². The largest absolute Gasteiger partial charge is 0.444 e. The number of carbonyl (C=O) groups is 2. The molecule has 30 heavy (non-hydrogen) atoms. The summed E-state index contributed by atoms with van der Waals surface area (Å²) in [6, 6.07) is 0. The van der Waals surface area contributed by atoms with Gasteiger partial charge in [0.05, 0.1) is 34.0 Å². The van der Waals surface area contributed by atoms with Gasteiger partial charge in [0.15, 0.2) is 5.13 Å². The fourth-order valence-electron chi connectivity index (χ4n) is 2.48. The lowest BCUT2D eigenvalue weighted by Gasteiger charge is -2.19. The highest BCUT2D eigenvalue weighted by Gasteiger charge is 2.17. The Bertz CT molecular complexity index is 1050. The first-order valence-corrected chi connectivity index (χ1v) is 10.8. The van der Waals surface area contributed by atoms with Crippen LogP contribution in [-0.2, 0) is 22.6 Å². The fraction of sp³-hybridized carbons (Fsp3) is 0.444. The van der Waals surface area contributed by atoms with Gasteiger partial charge in [-0.15, -0.1) is 27.8 Å². The first-order valence-electron chi connectivity index (χ1n) is 9.15. The number of anilines is 1. The lowest BCUT2D eigenvalue weighted by molar-refractivity contribution is -0.116. The Kier molecular flexibility index (Phi) is 6.46. The van der Waals surface area contributed by atoms with Gasteiger partial charge in [-0.05, 0) is 34.6 Å². The lowest BCUT2D eigenvalue weighted by Crippen LogP contribution is -2.32. The molecule has 0 fully saturated rings. The third-order valence-electron chi connectivity index (χ3n) is 3.59. The Morgan fingerprint density at radius 1 is 1.23 bits per heavy atom. The van der Waals surface area contributed by atoms with Crippen LogP contribution in [0.4, 0.5) is 9.93 Å². The third kappa shape index (κ3) is 6.07. The second-order valence-corrected chi connectivity index (χ2v) is 9.56. The van der Waals surface area contributed by atoms with E-state index in [0.717, 1.165) is 21.3 Å². The van der Waals surface area contributed by atoms with Gasteiger partial charge in [0.2, 0.25) is 5.91 Å². The van der Waals surface area contributed by atoms with E-state index in [4.69, 9.17) is 4.74 Å². The first kappa shape index (κ1) is 21.8. The summed E-state index contributed by atoms with van der Waals surface area (Å²) >= 11 is 2.92. The number of hydrogen-bond donors (Lipinski definition) is 2. The van der Waals surface area contributed by atoms with Crippen LogP contribution in [0, 0.1) is 13.8 Å². The summed E-state index contributed by atoms with van der Waals surface area (Å²) < 4.78 is 6.56. The molecule has 10 nitrogen and oxygen atoms in total. The second-order valence-electron chi connectivity index (χ2n) is 7.50. The van der Waals surface area contributed by atoms with Crippen molar-refractivity contribution in [2.24, 2.45) is 0 Å². The maximum Gasteiger partial charge on any atom is 0.407 e. The molecule has 0 aromatic carbocycles. The van der Waals surface area contributed by atoms with Crippen LogP contribution < -0.4 is 10.6 Å². The summed E-state index contributed by atoms with van der Waals surface area (Å²) in [4.78, 5) is 33.9. The summed E-state index contributed by atoms with van der Waals surface area (Å²) in [5.41, 5.74) is 1.67. The number of aromatic nitrogens is 5. The molecule has 0 spiro atoms. The molecular formula is C18H23N7O3S2. The SMILES string of the molecule is Cc1nc(C)c(-c2csc(NC(=O)Cn3cc(CNC(=O)OC(C)(C)C)nn3)n2)s1. The molecule has 0 saturated carbocycles. The van der Waals surface area contributed by atoms with Gasteiger partial charge in [-0.2, -0.15) is 0 Å². The number of ether oxygens (including phenoxy) is 1. The summed E-state index contributed by atoms with van der Waals surface area (Å²) in [5.74, 6) is -0.273. The molecule has 0 atom stereocenters. The number of carbonyl (C=O) groups excluding carboxylic acids is 2. The normalized spacial score (nSPS) is 11.4. The number of aryl methyl sites for hydroxylation is 2. The van der Waals surface area contributed by atoms with E-state index < -0.39 is 11.7 Å². The van der Waals surface area contributed by atoms with Crippen molar-refractivity contribution < 1.29 is 14.3 Å². The molecule has 0 aliphatic heterocycles. The molecule has 3 aromatic heterocycles. The Balaban J connectivity index is 1.51. The molecule has 0 radical (unpaired) electrons. The standard InChI is InChI=1S/C18H23N7O3S2/c1-10-15(30-11(2)20-10)13-9-29-16(21-13)22-14(26)8-25-7-12(23-24-25)6-19-17(27)28-18(3,4)5/h7,9H,6,8H2,1-5H3,(H,19,27)(H,21,22,26). The molecular weight excluding hydrogens is 426 g/mol. The number of amides is 2. The maximum absolute atomic E-state index is 12.3.